The Morgan fingerprint density at radius 3 is 2.81 bits per heavy atom. The molecule has 0 bridgehead atoms. The summed E-state index contributed by atoms with van der Waals surface area (Å²) in [6, 6.07) is 0. The van der Waals surface area contributed by atoms with E-state index in [1.54, 1.807) is 0 Å². The SMILES string of the molecule is C=C(C)C1CCC(C)(O)C2CCC(C)=CC12. The Balaban J connectivity index is 2.31. The lowest BCUT2D eigenvalue weighted by Crippen LogP contribution is -2.47. The minimum atomic E-state index is -0.464. The number of rotatable bonds is 1. The van der Waals surface area contributed by atoms with Gasteiger partial charge in [-0.3, -0.25) is 0 Å². The van der Waals surface area contributed by atoms with E-state index >= 15 is 0 Å². The Morgan fingerprint density at radius 1 is 1.50 bits per heavy atom. The molecule has 1 N–H and O–H groups in total. The number of hydrogen-bond donors (Lipinski definition) is 1. The van der Waals surface area contributed by atoms with Crippen LogP contribution in [0.1, 0.15) is 46.5 Å². The third kappa shape index (κ3) is 1.98. The van der Waals surface area contributed by atoms with Gasteiger partial charge in [-0.1, -0.05) is 23.8 Å². The topological polar surface area (TPSA) is 20.2 Å². The van der Waals surface area contributed by atoms with E-state index in [1.807, 2.05) is 6.92 Å². The molecule has 0 aromatic carbocycles. The molecule has 0 aliphatic heterocycles. The molecule has 16 heavy (non-hydrogen) atoms. The molecule has 0 amide bonds. The van der Waals surface area contributed by atoms with E-state index in [0.717, 1.165) is 25.7 Å². The molecule has 4 unspecified atom stereocenters. The normalized spacial score (nSPS) is 43.5. The van der Waals surface area contributed by atoms with Gasteiger partial charge in [0.25, 0.3) is 0 Å². The summed E-state index contributed by atoms with van der Waals surface area (Å²) in [5.74, 6) is 1.54. The number of fused-ring (bicyclic) bond motifs is 1. The lowest BCUT2D eigenvalue weighted by molar-refractivity contribution is -0.0680. The van der Waals surface area contributed by atoms with E-state index in [0.29, 0.717) is 17.8 Å². The fraction of sp³-hybridized carbons (Fsp3) is 0.733. The van der Waals surface area contributed by atoms with Crippen LogP contribution in [0.2, 0.25) is 0 Å². The van der Waals surface area contributed by atoms with Gasteiger partial charge in [0.1, 0.15) is 0 Å². The highest BCUT2D eigenvalue weighted by Crippen LogP contribution is 2.49. The highest BCUT2D eigenvalue weighted by atomic mass is 16.3. The van der Waals surface area contributed by atoms with Crippen molar-refractivity contribution in [3.05, 3.63) is 23.8 Å². The Kier molecular flexibility index (Phi) is 3.00. The standard InChI is InChI=1S/C15H24O/c1-10(2)12-7-8-15(4,16)14-6-5-11(3)9-13(12)14/h9,12-14,16H,1,5-8H2,2-4H3. The highest BCUT2D eigenvalue weighted by Gasteiger charge is 2.45. The van der Waals surface area contributed by atoms with Gasteiger partial charge in [-0.05, 0) is 64.2 Å². The predicted octanol–water partition coefficient (Wildman–Crippen LogP) is 3.70. The molecule has 1 nitrogen and oxygen atoms in total. The summed E-state index contributed by atoms with van der Waals surface area (Å²) in [6.45, 7) is 10.5. The van der Waals surface area contributed by atoms with Crippen molar-refractivity contribution < 1.29 is 5.11 Å². The van der Waals surface area contributed by atoms with E-state index < -0.39 is 5.60 Å². The lowest BCUT2D eigenvalue weighted by Gasteiger charge is -2.48. The predicted molar refractivity (Wildman–Crippen MR) is 68.1 cm³/mol. The third-order valence-electron chi connectivity index (χ3n) is 4.65. The first kappa shape index (κ1) is 11.9. The molecule has 0 aromatic rings. The number of aliphatic hydroxyl groups is 1. The minimum Gasteiger partial charge on any atom is -0.390 e. The Bertz CT molecular complexity index is 324. The van der Waals surface area contributed by atoms with Gasteiger partial charge < -0.3 is 5.11 Å². The van der Waals surface area contributed by atoms with Gasteiger partial charge >= 0.3 is 0 Å². The van der Waals surface area contributed by atoms with E-state index in [9.17, 15) is 5.11 Å². The molecule has 1 saturated carbocycles. The molecule has 2 aliphatic rings. The van der Waals surface area contributed by atoms with Crippen LogP contribution in [0.5, 0.6) is 0 Å². The molecular weight excluding hydrogens is 196 g/mol. The molecule has 2 rings (SSSR count). The molecule has 0 heterocycles. The summed E-state index contributed by atoms with van der Waals surface area (Å²) in [5.41, 5.74) is 2.31. The first-order valence-corrected chi connectivity index (χ1v) is 6.47. The summed E-state index contributed by atoms with van der Waals surface area (Å²) < 4.78 is 0. The van der Waals surface area contributed by atoms with Gasteiger partial charge in [0.15, 0.2) is 0 Å². The monoisotopic (exact) mass is 220 g/mol. The Labute approximate surface area is 99.3 Å². The van der Waals surface area contributed by atoms with E-state index in [4.69, 9.17) is 0 Å². The van der Waals surface area contributed by atoms with Crippen molar-refractivity contribution >= 4 is 0 Å². The van der Waals surface area contributed by atoms with Crippen molar-refractivity contribution in [2.45, 2.75) is 52.1 Å². The van der Waals surface area contributed by atoms with E-state index in [1.165, 1.54) is 11.1 Å². The number of hydrogen-bond acceptors (Lipinski definition) is 1. The summed E-state index contributed by atoms with van der Waals surface area (Å²) >= 11 is 0. The van der Waals surface area contributed by atoms with E-state index in [2.05, 4.69) is 26.5 Å². The van der Waals surface area contributed by atoms with E-state index in [-0.39, 0.29) is 0 Å². The summed E-state index contributed by atoms with van der Waals surface area (Å²) in [4.78, 5) is 0. The fourth-order valence-corrected chi connectivity index (χ4v) is 3.63. The van der Waals surface area contributed by atoms with Crippen molar-refractivity contribution in [3.8, 4) is 0 Å². The summed E-state index contributed by atoms with van der Waals surface area (Å²) in [5, 5.41) is 10.5. The molecule has 0 spiro atoms. The molecule has 1 heteroatoms. The molecule has 90 valence electrons. The highest BCUT2D eigenvalue weighted by molar-refractivity contribution is 5.18. The van der Waals surface area contributed by atoms with Gasteiger partial charge in [0.05, 0.1) is 5.60 Å². The van der Waals surface area contributed by atoms with Crippen LogP contribution in [0.25, 0.3) is 0 Å². The van der Waals surface area contributed by atoms with Crippen molar-refractivity contribution in [1.29, 1.82) is 0 Å². The van der Waals surface area contributed by atoms with Gasteiger partial charge in [-0.25, -0.2) is 0 Å². The fourth-order valence-electron chi connectivity index (χ4n) is 3.63. The smallest absolute Gasteiger partial charge is 0.0654 e. The van der Waals surface area contributed by atoms with Gasteiger partial charge in [0, 0.05) is 0 Å². The lowest BCUT2D eigenvalue weighted by atomic mass is 9.59. The largest absolute Gasteiger partial charge is 0.390 e. The Hall–Kier alpha value is -0.560. The summed E-state index contributed by atoms with van der Waals surface area (Å²) in [7, 11) is 0. The van der Waals surface area contributed by atoms with Gasteiger partial charge in [-0.2, -0.15) is 0 Å². The maximum Gasteiger partial charge on any atom is 0.0654 e. The van der Waals surface area contributed by atoms with Crippen LogP contribution in [0.4, 0.5) is 0 Å². The van der Waals surface area contributed by atoms with Gasteiger partial charge in [0.2, 0.25) is 0 Å². The summed E-state index contributed by atoms with van der Waals surface area (Å²) in [6.07, 6.45) is 6.72. The first-order chi connectivity index (χ1) is 7.42. The van der Waals surface area contributed by atoms with Gasteiger partial charge in [-0.15, -0.1) is 0 Å². The quantitative estimate of drug-likeness (QED) is 0.668. The van der Waals surface area contributed by atoms with Crippen LogP contribution in [0.3, 0.4) is 0 Å². The van der Waals surface area contributed by atoms with Crippen LogP contribution in [-0.4, -0.2) is 10.7 Å². The molecule has 0 radical (unpaired) electrons. The van der Waals surface area contributed by atoms with Crippen molar-refractivity contribution in [3.63, 3.8) is 0 Å². The zero-order valence-corrected chi connectivity index (χ0v) is 10.8. The van der Waals surface area contributed by atoms with Crippen LogP contribution in [0.15, 0.2) is 23.8 Å². The maximum atomic E-state index is 10.5. The van der Waals surface area contributed by atoms with Crippen LogP contribution in [-0.2, 0) is 0 Å². The maximum absolute atomic E-state index is 10.5. The molecule has 0 saturated heterocycles. The molecular formula is C15H24O. The molecule has 0 aromatic heterocycles. The van der Waals surface area contributed by atoms with Crippen LogP contribution in [0, 0.1) is 17.8 Å². The Morgan fingerprint density at radius 2 is 2.19 bits per heavy atom. The average Bonchev–Trinajstić information content (AvgIpc) is 2.16. The molecule has 4 atom stereocenters. The molecule has 2 aliphatic carbocycles. The second kappa shape index (κ2) is 4.03. The second-order valence-electron chi connectivity index (χ2n) is 6.08. The zero-order valence-electron chi connectivity index (χ0n) is 10.8. The van der Waals surface area contributed by atoms with Crippen LogP contribution >= 0.6 is 0 Å². The minimum absolute atomic E-state index is 0.437. The second-order valence-corrected chi connectivity index (χ2v) is 6.08. The van der Waals surface area contributed by atoms with Crippen molar-refractivity contribution in [1.82, 2.24) is 0 Å². The zero-order chi connectivity index (χ0) is 11.9. The average molecular weight is 220 g/mol. The van der Waals surface area contributed by atoms with Crippen molar-refractivity contribution in [2.75, 3.05) is 0 Å². The first-order valence-electron chi connectivity index (χ1n) is 6.47. The third-order valence-corrected chi connectivity index (χ3v) is 4.65. The van der Waals surface area contributed by atoms with Crippen molar-refractivity contribution in [2.24, 2.45) is 17.8 Å². The van der Waals surface area contributed by atoms with Crippen LogP contribution < -0.4 is 0 Å². The number of allylic oxidation sites excluding steroid dienone is 3. The molecule has 1 fully saturated rings.